The normalized spacial score (nSPS) is 10.4. The molecule has 2 rings (SSSR count). The molecule has 0 spiro atoms. The molecule has 0 aliphatic carbocycles. The minimum absolute atomic E-state index is 0.200. The van der Waals surface area contributed by atoms with Crippen LogP contribution < -0.4 is 10.6 Å². The van der Waals surface area contributed by atoms with Crippen molar-refractivity contribution in [2.45, 2.75) is 26.7 Å². The third-order valence-corrected chi connectivity index (χ3v) is 3.10. The summed E-state index contributed by atoms with van der Waals surface area (Å²) in [7, 11) is 0. The highest BCUT2D eigenvalue weighted by Crippen LogP contribution is 2.05. The number of aryl methyl sites for hydroxylation is 2. The first-order chi connectivity index (χ1) is 10.2. The van der Waals surface area contributed by atoms with Gasteiger partial charge in [0.2, 0.25) is 0 Å². The molecule has 7 heteroatoms. The summed E-state index contributed by atoms with van der Waals surface area (Å²) >= 11 is 0. The van der Waals surface area contributed by atoms with Crippen molar-refractivity contribution in [3.63, 3.8) is 0 Å². The molecule has 0 aliphatic heterocycles. The predicted molar refractivity (Wildman–Crippen MR) is 80.2 cm³/mol. The van der Waals surface area contributed by atoms with E-state index in [4.69, 9.17) is 0 Å². The quantitative estimate of drug-likeness (QED) is 0.667. The third-order valence-electron chi connectivity index (χ3n) is 3.10. The number of amides is 1. The molecule has 3 N–H and O–H groups in total. The van der Waals surface area contributed by atoms with Gasteiger partial charge in [0.25, 0.3) is 5.91 Å². The largest absolute Gasteiger partial charge is 0.369 e. The van der Waals surface area contributed by atoms with E-state index in [1.54, 1.807) is 12.1 Å². The van der Waals surface area contributed by atoms with Gasteiger partial charge in [0.1, 0.15) is 5.82 Å². The van der Waals surface area contributed by atoms with Crippen molar-refractivity contribution in [3.8, 4) is 0 Å². The van der Waals surface area contributed by atoms with Crippen LogP contribution in [0.4, 0.5) is 5.82 Å². The first-order valence-electron chi connectivity index (χ1n) is 7.05. The summed E-state index contributed by atoms with van der Waals surface area (Å²) in [5.74, 6) is 0.471. The Morgan fingerprint density at radius 1 is 1.33 bits per heavy atom. The fourth-order valence-electron chi connectivity index (χ4n) is 1.93. The molecule has 0 fully saturated rings. The summed E-state index contributed by atoms with van der Waals surface area (Å²) in [4.78, 5) is 11.9. The van der Waals surface area contributed by atoms with Crippen LogP contribution in [0.5, 0.6) is 0 Å². The van der Waals surface area contributed by atoms with Crippen LogP contribution in [0.2, 0.25) is 0 Å². The van der Waals surface area contributed by atoms with Gasteiger partial charge in [0.15, 0.2) is 5.69 Å². The summed E-state index contributed by atoms with van der Waals surface area (Å²) in [5, 5.41) is 20.6. The van der Waals surface area contributed by atoms with Gasteiger partial charge in [-0.1, -0.05) is 0 Å². The molecule has 0 saturated heterocycles. The zero-order valence-electron chi connectivity index (χ0n) is 12.3. The fourth-order valence-corrected chi connectivity index (χ4v) is 1.93. The van der Waals surface area contributed by atoms with Gasteiger partial charge in [0, 0.05) is 18.8 Å². The Kier molecular flexibility index (Phi) is 5.25. The second-order valence-corrected chi connectivity index (χ2v) is 4.71. The monoisotopic (exact) mass is 288 g/mol. The Morgan fingerprint density at radius 2 is 2.19 bits per heavy atom. The molecule has 2 aromatic heterocycles. The second kappa shape index (κ2) is 7.37. The van der Waals surface area contributed by atoms with Crippen molar-refractivity contribution in [2.24, 2.45) is 0 Å². The van der Waals surface area contributed by atoms with E-state index in [2.05, 4.69) is 31.0 Å². The van der Waals surface area contributed by atoms with Gasteiger partial charge in [-0.3, -0.25) is 9.89 Å². The van der Waals surface area contributed by atoms with Crippen molar-refractivity contribution >= 4 is 11.7 Å². The fraction of sp³-hybridized carbons (Fsp3) is 0.429. The molecule has 7 nitrogen and oxygen atoms in total. The second-order valence-electron chi connectivity index (χ2n) is 4.71. The first kappa shape index (κ1) is 15.0. The van der Waals surface area contributed by atoms with Crippen LogP contribution in [0.1, 0.15) is 35.1 Å². The van der Waals surface area contributed by atoms with Crippen molar-refractivity contribution in [1.82, 2.24) is 25.7 Å². The molecule has 0 bridgehead atoms. The number of carbonyl (C=O) groups is 1. The van der Waals surface area contributed by atoms with Crippen molar-refractivity contribution in [1.29, 1.82) is 0 Å². The Bertz CT molecular complexity index is 577. The van der Waals surface area contributed by atoms with Crippen molar-refractivity contribution in [3.05, 3.63) is 35.3 Å². The lowest BCUT2D eigenvalue weighted by molar-refractivity contribution is 0.0947. The maximum Gasteiger partial charge on any atom is 0.271 e. The molecule has 2 aromatic rings. The molecule has 0 aromatic carbocycles. The van der Waals surface area contributed by atoms with Crippen LogP contribution in [-0.4, -0.2) is 39.4 Å². The van der Waals surface area contributed by atoms with Gasteiger partial charge >= 0.3 is 0 Å². The first-order valence-corrected chi connectivity index (χ1v) is 7.05. The summed E-state index contributed by atoms with van der Waals surface area (Å²) in [6.07, 6.45) is 3.56. The van der Waals surface area contributed by atoms with E-state index >= 15 is 0 Å². The molecule has 0 aliphatic rings. The Labute approximate surface area is 123 Å². The Balaban J connectivity index is 1.75. The summed E-state index contributed by atoms with van der Waals surface area (Å²) in [6, 6.07) is 3.42. The van der Waals surface area contributed by atoms with Crippen LogP contribution in [0.3, 0.4) is 0 Å². The molecule has 0 radical (unpaired) electrons. The van der Waals surface area contributed by atoms with E-state index in [-0.39, 0.29) is 5.91 Å². The number of hydrogen-bond donors (Lipinski definition) is 3. The van der Waals surface area contributed by atoms with E-state index < -0.39 is 0 Å². The molecule has 0 saturated carbocycles. The molecule has 2 heterocycles. The number of nitrogens with zero attached hydrogens (tertiary/aromatic N) is 3. The van der Waals surface area contributed by atoms with E-state index in [0.717, 1.165) is 25.1 Å². The summed E-state index contributed by atoms with van der Waals surface area (Å²) < 4.78 is 0. The van der Waals surface area contributed by atoms with Gasteiger partial charge in [-0.05, 0) is 44.4 Å². The number of anilines is 1. The van der Waals surface area contributed by atoms with E-state index in [1.807, 2.05) is 20.0 Å². The van der Waals surface area contributed by atoms with Crippen molar-refractivity contribution < 1.29 is 4.79 Å². The lowest BCUT2D eigenvalue weighted by Gasteiger charge is -2.05. The highest BCUT2D eigenvalue weighted by atomic mass is 16.1. The van der Waals surface area contributed by atoms with Crippen LogP contribution in [0.25, 0.3) is 0 Å². The molecular weight excluding hydrogens is 268 g/mol. The standard InChI is InChI=1S/C14H20N6O/c1-3-15-13-7-6-12(19-20-13)14(21)16-8-4-5-11-9-17-18-10(11)2/h6-7,9H,3-5,8H2,1-2H3,(H,15,20)(H,16,21)(H,17,18). The zero-order valence-corrected chi connectivity index (χ0v) is 12.3. The number of rotatable bonds is 7. The Hall–Kier alpha value is -2.44. The van der Waals surface area contributed by atoms with Crippen LogP contribution in [-0.2, 0) is 6.42 Å². The molecule has 112 valence electrons. The van der Waals surface area contributed by atoms with Gasteiger partial charge in [-0.15, -0.1) is 10.2 Å². The number of carbonyl (C=O) groups excluding carboxylic acids is 1. The van der Waals surface area contributed by atoms with Crippen LogP contribution >= 0.6 is 0 Å². The molecular formula is C14H20N6O. The van der Waals surface area contributed by atoms with Crippen molar-refractivity contribution in [2.75, 3.05) is 18.4 Å². The lowest BCUT2D eigenvalue weighted by Crippen LogP contribution is -2.26. The maximum absolute atomic E-state index is 11.9. The van der Waals surface area contributed by atoms with Crippen LogP contribution in [0, 0.1) is 6.92 Å². The third kappa shape index (κ3) is 4.27. The highest BCUT2D eigenvalue weighted by molar-refractivity contribution is 5.92. The number of aromatic nitrogens is 4. The number of aromatic amines is 1. The topological polar surface area (TPSA) is 95.6 Å². The number of nitrogens with one attached hydrogen (secondary N) is 3. The van der Waals surface area contributed by atoms with E-state index in [9.17, 15) is 4.79 Å². The minimum atomic E-state index is -0.200. The average molecular weight is 288 g/mol. The molecule has 21 heavy (non-hydrogen) atoms. The maximum atomic E-state index is 11.9. The average Bonchev–Trinajstić information content (AvgIpc) is 2.90. The molecule has 0 unspecified atom stereocenters. The van der Waals surface area contributed by atoms with Crippen LogP contribution in [0.15, 0.2) is 18.3 Å². The lowest BCUT2D eigenvalue weighted by atomic mass is 10.1. The zero-order chi connectivity index (χ0) is 15.1. The predicted octanol–water partition coefficient (Wildman–Crippen LogP) is 1.30. The smallest absolute Gasteiger partial charge is 0.271 e. The molecule has 1 amide bonds. The van der Waals surface area contributed by atoms with E-state index in [1.165, 1.54) is 5.56 Å². The van der Waals surface area contributed by atoms with Gasteiger partial charge in [-0.25, -0.2) is 0 Å². The molecule has 0 atom stereocenters. The number of H-pyrrole nitrogens is 1. The van der Waals surface area contributed by atoms with Gasteiger partial charge in [0.05, 0.1) is 6.20 Å². The Morgan fingerprint density at radius 3 is 2.81 bits per heavy atom. The summed E-state index contributed by atoms with van der Waals surface area (Å²) in [6.45, 7) is 5.33. The van der Waals surface area contributed by atoms with E-state index in [0.29, 0.717) is 18.1 Å². The van der Waals surface area contributed by atoms with Gasteiger partial charge < -0.3 is 10.6 Å². The highest BCUT2D eigenvalue weighted by Gasteiger charge is 2.07. The minimum Gasteiger partial charge on any atom is -0.369 e. The van der Waals surface area contributed by atoms with Gasteiger partial charge in [-0.2, -0.15) is 5.10 Å². The number of hydrogen-bond acceptors (Lipinski definition) is 5. The SMILES string of the molecule is CCNc1ccc(C(=O)NCCCc2cn[nH]c2C)nn1. The summed E-state index contributed by atoms with van der Waals surface area (Å²) in [5.41, 5.74) is 2.58.